The lowest BCUT2D eigenvalue weighted by Crippen LogP contribution is -2.06. The van der Waals surface area contributed by atoms with E-state index in [1.165, 1.54) is 11.9 Å². The number of fused-ring (bicyclic) bond motifs is 1. The molecule has 0 radical (unpaired) electrons. The summed E-state index contributed by atoms with van der Waals surface area (Å²) in [6.45, 7) is 4.14. The first kappa shape index (κ1) is 15.1. The van der Waals surface area contributed by atoms with Gasteiger partial charge in [0.15, 0.2) is 0 Å². The highest BCUT2D eigenvalue weighted by molar-refractivity contribution is 5.82. The molecule has 4 rings (SSSR count). The Labute approximate surface area is 145 Å². The number of benzene rings is 2. The Morgan fingerprint density at radius 1 is 1.00 bits per heavy atom. The fourth-order valence-corrected chi connectivity index (χ4v) is 2.82. The van der Waals surface area contributed by atoms with E-state index >= 15 is 0 Å². The zero-order chi connectivity index (χ0) is 17.4. The van der Waals surface area contributed by atoms with Gasteiger partial charge < -0.3 is 11.1 Å². The molecule has 124 valence electrons. The molecule has 2 aromatic carbocycles. The van der Waals surface area contributed by atoms with Gasteiger partial charge in [0.05, 0.1) is 11.0 Å². The highest BCUT2D eigenvalue weighted by atomic mass is 15.2. The zero-order valence-electron chi connectivity index (χ0n) is 14.1. The van der Waals surface area contributed by atoms with Gasteiger partial charge in [-0.3, -0.25) is 4.57 Å². The van der Waals surface area contributed by atoms with Gasteiger partial charge >= 0.3 is 0 Å². The Balaban J connectivity index is 1.91. The summed E-state index contributed by atoms with van der Waals surface area (Å²) >= 11 is 0. The molecule has 3 N–H and O–H groups in total. The number of hydrogen-bond acceptors (Lipinski definition) is 5. The number of aromatic nitrogens is 4. The van der Waals surface area contributed by atoms with Crippen LogP contribution in [0.25, 0.3) is 16.9 Å². The molecule has 0 fully saturated rings. The van der Waals surface area contributed by atoms with E-state index in [4.69, 9.17) is 10.7 Å². The van der Waals surface area contributed by atoms with E-state index in [-0.39, 0.29) is 0 Å². The van der Waals surface area contributed by atoms with Crippen molar-refractivity contribution in [1.29, 1.82) is 0 Å². The molecular formula is C19H18N6. The minimum absolute atomic E-state index is 0.417. The average molecular weight is 330 g/mol. The van der Waals surface area contributed by atoms with Gasteiger partial charge in [0.2, 0.25) is 5.95 Å². The minimum atomic E-state index is 0.417. The van der Waals surface area contributed by atoms with Crippen LogP contribution in [-0.4, -0.2) is 19.5 Å². The number of hydrogen-bond donors (Lipinski definition) is 2. The molecule has 0 atom stereocenters. The van der Waals surface area contributed by atoms with Crippen molar-refractivity contribution >= 4 is 28.5 Å². The van der Waals surface area contributed by atoms with Crippen LogP contribution in [0.1, 0.15) is 11.1 Å². The largest absolute Gasteiger partial charge is 0.384 e. The maximum absolute atomic E-state index is 5.85. The van der Waals surface area contributed by atoms with E-state index in [0.29, 0.717) is 17.6 Å². The summed E-state index contributed by atoms with van der Waals surface area (Å²) in [5.41, 5.74) is 11.0. The lowest BCUT2D eigenvalue weighted by Gasteiger charge is -2.12. The molecule has 0 saturated heterocycles. The average Bonchev–Trinajstić information content (AvgIpc) is 2.96. The number of nitrogens with zero attached hydrogens (tertiary/aromatic N) is 4. The van der Waals surface area contributed by atoms with Crippen LogP contribution in [0.4, 0.5) is 17.5 Å². The van der Waals surface area contributed by atoms with E-state index in [1.54, 1.807) is 6.07 Å². The van der Waals surface area contributed by atoms with Crippen LogP contribution in [0.2, 0.25) is 0 Å². The number of nitrogen functional groups attached to an aromatic ring is 1. The topological polar surface area (TPSA) is 81.7 Å². The first-order chi connectivity index (χ1) is 12.1. The molecule has 6 nitrogen and oxygen atoms in total. The number of nitrogens with two attached hydrogens (primary N) is 1. The summed E-state index contributed by atoms with van der Waals surface area (Å²) in [7, 11) is 0. The van der Waals surface area contributed by atoms with Crippen LogP contribution >= 0.6 is 0 Å². The Hall–Kier alpha value is -3.41. The summed E-state index contributed by atoms with van der Waals surface area (Å²) < 4.78 is 1.95. The maximum Gasteiger partial charge on any atom is 0.214 e. The zero-order valence-corrected chi connectivity index (χ0v) is 14.1. The van der Waals surface area contributed by atoms with Crippen molar-refractivity contribution < 1.29 is 0 Å². The summed E-state index contributed by atoms with van der Waals surface area (Å²) in [5.74, 6) is 1.78. The molecule has 6 heteroatoms. The first-order valence-electron chi connectivity index (χ1n) is 8.01. The molecule has 2 heterocycles. The summed E-state index contributed by atoms with van der Waals surface area (Å²) in [6.07, 6.45) is 1.46. The molecule has 25 heavy (non-hydrogen) atoms. The Morgan fingerprint density at radius 3 is 2.68 bits per heavy atom. The second-order valence-electron chi connectivity index (χ2n) is 6.00. The molecule has 0 amide bonds. The molecule has 0 aliphatic carbocycles. The SMILES string of the molecule is Cc1ccc(C)c(Nc2nc3ccccc3n2-c2cc(N)ncn2)c1. The van der Waals surface area contributed by atoms with Gasteiger partial charge in [-0.2, -0.15) is 0 Å². The third-order valence-electron chi connectivity index (χ3n) is 4.10. The van der Waals surface area contributed by atoms with Crippen LogP contribution in [0, 0.1) is 13.8 Å². The van der Waals surface area contributed by atoms with Crippen molar-refractivity contribution in [2.45, 2.75) is 13.8 Å². The summed E-state index contributed by atoms with van der Waals surface area (Å²) in [6, 6.07) is 16.0. The number of para-hydroxylation sites is 2. The Morgan fingerprint density at radius 2 is 1.84 bits per heavy atom. The van der Waals surface area contributed by atoms with Crippen LogP contribution in [0.15, 0.2) is 54.9 Å². The maximum atomic E-state index is 5.85. The van der Waals surface area contributed by atoms with Crippen molar-refractivity contribution in [2.75, 3.05) is 11.1 Å². The predicted octanol–water partition coefficient (Wildman–Crippen LogP) is 3.76. The van der Waals surface area contributed by atoms with Gasteiger partial charge in [-0.1, -0.05) is 24.3 Å². The van der Waals surface area contributed by atoms with E-state index in [0.717, 1.165) is 22.3 Å². The highest BCUT2D eigenvalue weighted by Gasteiger charge is 2.14. The minimum Gasteiger partial charge on any atom is -0.384 e. The highest BCUT2D eigenvalue weighted by Crippen LogP contribution is 2.28. The van der Waals surface area contributed by atoms with E-state index in [9.17, 15) is 0 Å². The number of nitrogens with one attached hydrogen (secondary N) is 1. The van der Waals surface area contributed by atoms with E-state index in [2.05, 4.69) is 47.3 Å². The lowest BCUT2D eigenvalue weighted by atomic mass is 10.1. The van der Waals surface area contributed by atoms with Gasteiger partial charge in [-0.05, 0) is 43.2 Å². The normalized spacial score (nSPS) is 11.0. The van der Waals surface area contributed by atoms with Crippen molar-refractivity contribution in [1.82, 2.24) is 19.5 Å². The van der Waals surface area contributed by atoms with Gasteiger partial charge in [0.25, 0.3) is 0 Å². The van der Waals surface area contributed by atoms with Crippen LogP contribution < -0.4 is 11.1 Å². The molecule has 0 aliphatic heterocycles. The fraction of sp³-hybridized carbons (Fsp3) is 0.105. The molecule has 0 bridgehead atoms. The van der Waals surface area contributed by atoms with E-state index in [1.807, 2.05) is 28.8 Å². The van der Waals surface area contributed by atoms with Crippen molar-refractivity contribution in [3.8, 4) is 5.82 Å². The summed E-state index contributed by atoms with van der Waals surface area (Å²) in [4.78, 5) is 13.1. The van der Waals surface area contributed by atoms with Crippen LogP contribution in [0.3, 0.4) is 0 Å². The number of aryl methyl sites for hydroxylation is 2. The van der Waals surface area contributed by atoms with Crippen molar-refractivity contribution in [3.05, 3.63) is 66.0 Å². The Kier molecular flexibility index (Phi) is 3.57. The summed E-state index contributed by atoms with van der Waals surface area (Å²) in [5, 5.41) is 3.44. The standard InChI is InChI=1S/C19H18N6/c1-12-7-8-13(2)15(9-12)24-19-23-14-5-3-4-6-16(14)25(19)18-10-17(20)21-11-22-18/h3-11H,1-2H3,(H,23,24)(H2,20,21,22). The molecule has 0 unspecified atom stereocenters. The van der Waals surface area contributed by atoms with E-state index < -0.39 is 0 Å². The molecule has 2 aromatic heterocycles. The number of anilines is 3. The predicted molar refractivity (Wildman–Crippen MR) is 100 cm³/mol. The quantitative estimate of drug-likeness (QED) is 0.598. The van der Waals surface area contributed by atoms with Crippen molar-refractivity contribution in [3.63, 3.8) is 0 Å². The van der Waals surface area contributed by atoms with Crippen LogP contribution in [-0.2, 0) is 0 Å². The van der Waals surface area contributed by atoms with Gasteiger partial charge in [0.1, 0.15) is 18.0 Å². The van der Waals surface area contributed by atoms with Gasteiger partial charge in [-0.25, -0.2) is 15.0 Å². The fourth-order valence-electron chi connectivity index (χ4n) is 2.82. The third kappa shape index (κ3) is 2.78. The molecule has 4 aromatic rings. The van der Waals surface area contributed by atoms with Crippen molar-refractivity contribution in [2.24, 2.45) is 0 Å². The smallest absolute Gasteiger partial charge is 0.214 e. The number of rotatable bonds is 3. The second kappa shape index (κ2) is 5.90. The molecule has 0 saturated carbocycles. The first-order valence-corrected chi connectivity index (χ1v) is 8.01. The van der Waals surface area contributed by atoms with Crippen LogP contribution in [0.5, 0.6) is 0 Å². The Bertz CT molecular complexity index is 1070. The molecule has 0 spiro atoms. The monoisotopic (exact) mass is 330 g/mol. The third-order valence-corrected chi connectivity index (χ3v) is 4.10. The van der Waals surface area contributed by atoms with Gasteiger partial charge in [0, 0.05) is 11.8 Å². The molecule has 0 aliphatic rings. The second-order valence-corrected chi connectivity index (χ2v) is 6.00. The van der Waals surface area contributed by atoms with Gasteiger partial charge in [-0.15, -0.1) is 0 Å². The molecular weight excluding hydrogens is 312 g/mol. The lowest BCUT2D eigenvalue weighted by molar-refractivity contribution is 1.00. The number of imidazole rings is 1.